The van der Waals surface area contributed by atoms with Crippen molar-refractivity contribution in [3.05, 3.63) is 34.9 Å². The van der Waals surface area contributed by atoms with Crippen molar-refractivity contribution in [3.63, 3.8) is 0 Å². The molecule has 2 amide bonds. The van der Waals surface area contributed by atoms with Crippen LogP contribution in [0, 0.1) is 25.2 Å². The lowest BCUT2D eigenvalue weighted by atomic mass is 9.56. The molecule has 4 rings (SSSR count). The third-order valence-electron chi connectivity index (χ3n) is 6.50. The fraction of sp³-hybridized carbons (Fsp3) is 0.619. The van der Waals surface area contributed by atoms with Crippen LogP contribution >= 0.6 is 0 Å². The zero-order chi connectivity index (χ0) is 18.3. The van der Waals surface area contributed by atoms with Crippen molar-refractivity contribution in [3.8, 4) is 0 Å². The standard InChI is InChI=1S/C21H28N2O3/c1-14-5-6-16(8-15(14)2)18-9-21(10-18)12-23(13-21)19(24)17-4-3-7-26-20(25)22-11-17/h5-6,8,17-18H,3-4,7,9-13H2,1-2H3,(H,22,25)/t17-/m1/s1. The van der Waals surface area contributed by atoms with Crippen LogP contribution < -0.4 is 5.32 Å². The van der Waals surface area contributed by atoms with E-state index in [4.69, 9.17) is 4.74 Å². The number of ether oxygens (including phenoxy) is 1. The molecule has 2 aliphatic heterocycles. The molecule has 140 valence electrons. The number of likely N-dealkylation sites (tertiary alicyclic amines) is 1. The van der Waals surface area contributed by atoms with Crippen molar-refractivity contribution in [2.24, 2.45) is 11.3 Å². The normalized spacial score (nSPS) is 25.4. The number of benzene rings is 1. The second-order valence-electron chi connectivity index (χ2n) is 8.50. The first-order valence-electron chi connectivity index (χ1n) is 9.72. The molecular formula is C21H28N2O3. The molecule has 0 bridgehead atoms. The number of hydrogen-bond acceptors (Lipinski definition) is 3. The van der Waals surface area contributed by atoms with Gasteiger partial charge in [0.15, 0.2) is 0 Å². The van der Waals surface area contributed by atoms with Gasteiger partial charge >= 0.3 is 6.09 Å². The molecule has 26 heavy (non-hydrogen) atoms. The van der Waals surface area contributed by atoms with E-state index in [-0.39, 0.29) is 11.8 Å². The molecule has 1 N–H and O–H groups in total. The van der Waals surface area contributed by atoms with Gasteiger partial charge < -0.3 is 15.0 Å². The van der Waals surface area contributed by atoms with Gasteiger partial charge in [0.1, 0.15) is 0 Å². The van der Waals surface area contributed by atoms with Gasteiger partial charge in [-0.15, -0.1) is 0 Å². The molecule has 1 atom stereocenters. The van der Waals surface area contributed by atoms with E-state index >= 15 is 0 Å². The highest BCUT2D eigenvalue weighted by atomic mass is 16.5. The summed E-state index contributed by atoms with van der Waals surface area (Å²) in [7, 11) is 0. The quantitative estimate of drug-likeness (QED) is 0.886. The van der Waals surface area contributed by atoms with Crippen LogP contribution in [0.1, 0.15) is 48.3 Å². The molecule has 1 aromatic carbocycles. The monoisotopic (exact) mass is 356 g/mol. The van der Waals surface area contributed by atoms with E-state index in [9.17, 15) is 9.59 Å². The van der Waals surface area contributed by atoms with Crippen LogP contribution in [0.2, 0.25) is 0 Å². The molecule has 3 aliphatic rings. The van der Waals surface area contributed by atoms with Gasteiger partial charge in [-0.3, -0.25) is 4.79 Å². The molecular weight excluding hydrogens is 328 g/mol. The number of rotatable bonds is 2. The largest absolute Gasteiger partial charge is 0.450 e. The maximum atomic E-state index is 12.7. The summed E-state index contributed by atoms with van der Waals surface area (Å²) < 4.78 is 4.97. The Morgan fingerprint density at radius 3 is 2.73 bits per heavy atom. The molecule has 5 heteroatoms. The van der Waals surface area contributed by atoms with Crippen LogP contribution in [0.3, 0.4) is 0 Å². The average Bonchev–Trinajstić information content (AvgIpc) is 2.52. The molecule has 1 spiro atoms. The van der Waals surface area contributed by atoms with Gasteiger partial charge in [-0.1, -0.05) is 18.2 Å². The molecule has 1 aromatic rings. The van der Waals surface area contributed by atoms with Crippen LogP contribution in [0.25, 0.3) is 0 Å². The molecule has 2 saturated heterocycles. The Kier molecular flexibility index (Phi) is 4.41. The summed E-state index contributed by atoms with van der Waals surface area (Å²) in [5.41, 5.74) is 4.50. The molecule has 5 nitrogen and oxygen atoms in total. The second-order valence-corrected chi connectivity index (χ2v) is 8.50. The van der Waals surface area contributed by atoms with Crippen molar-refractivity contribution in [2.75, 3.05) is 26.2 Å². The highest BCUT2D eigenvalue weighted by Crippen LogP contribution is 2.56. The van der Waals surface area contributed by atoms with E-state index in [1.807, 2.05) is 4.90 Å². The Labute approximate surface area is 155 Å². The molecule has 0 radical (unpaired) electrons. The Bertz CT molecular complexity index is 716. The maximum Gasteiger partial charge on any atom is 0.407 e. The van der Waals surface area contributed by atoms with Crippen molar-refractivity contribution < 1.29 is 14.3 Å². The van der Waals surface area contributed by atoms with Crippen LogP contribution in [-0.2, 0) is 9.53 Å². The Morgan fingerprint density at radius 2 is 2.00 bits per heavy atom. The lowest BCUT2D eigenvalue weighted by molar-refractivity contribution is -0.156. The summed E-state index contributed by atoms with van der Waals surface area (Å²) in [5.74, 6) is 0.743. The highest BCUT2D eigenvalue weighted by Gasteiger charge is 2.54. The Morgan fingerprint density at radius 1 is 1.23 bits per heavy atom. The van der Waals surface area contributed by atoms with Crippen molar-refractivity contribution >= 4 is 12.0 Å². The fourth-order valence-electron chi connectivity index (χ4n) is 4.74. The van der Waals surface area contributed by atoms with Gasteiger partial charge in [0.2, 0.25) is 5.91 Å². The number of cyclic esters (lactones) is 1. The van der Waals surface area contributed by atoms with Gasteiger partial charge in [0, 0.05) is 25.0 Å². The topological polar surface area (TPSA) is 58.6 Å². The third-order valence-corrected chi connectivity index (χ3v) is 6.50. The van der Waals surface area contributed by atoms with Gasteiger partial charge in [-0.2, -0.15) is 0 Å². The summed E-state index contributed by atoms with van der Waals surface area (Å²) in [6, 6.07) is 6.81. The zero-order valence-electron chi connectivity index (χ0n) is 15.7. The lowest BCUT2D eigenvalue weighted by Gasteiger charge is -2.59. The number of nitrogens with one attached hydrogen (secondary N) is 1. The predicted octanol–water partition coefficient (Wildman–Crippen LogP) is 3.15. The summed E-state index contributed by atoms with van der Waals surface area (Å²) in [6.07, 6.45) is 3.52. The number of nitrogens with zero attached hydrogens (tertiary/aromatic N) is 1. The average molecular weight is 356 g/mol. The van der Waals surface area contributed by atoms with Crippen LogP contribution in [0.4, 0.5) is 4.79 Å². The van der Waals surface area contributed by atoms with Crippen LogP contribution in [-0.4, -0.2) is 43.1 Å². The second kappa shape index (κ2) is 6.60. The number of carbonyl (C=O) groups excluding carboxylic acids is 2. The summed E-state index contributed by atoms with van der Waals surface area (Å²) >= 11 is 0. The van der Waals surface area contributed by atoms with Gasteiger partial charge in [0.05, 0.1) is 12.5 Å². The molecule has 0 aromatic heterocycles. The van der Waals surface area contributed by atoms with Crippen LogP contribution in [0.5, 0.6) is 0 Å². The van der Waals surface area contributed by atoms with Gasteiger partial charge in [0.25, 0.3) is 0 Å². The first-order chi connectivity index (χ1) is 12.5. The Hall–Kier alpha value is -2.04. The van der Waals surface area contributed by atoms with Gasteiger partial charge in [-0.25, -0.2) is 4.79 Å². The third kappa shape index (κ3) is 3.19. The molecule has 0 unspecified atom stereocenters. The molecule has 1 aliphatic carbocycles. The van der Waals surface area contributed by atoms with Gasteiger partial charge in [-0.05, 0) is 62.1 Å². The highest BCUT2D eigenvalue weighted by molar-refractivity contribution is 5.81. The summed E-state index contributed by atoms with van der Waals surface area (Å²) in [4.78, 5) is 26.1. The van der Waals surface area contributed by atoms with Crippen molar-refractivity contribution in [2.45, 2.75) is 45.4 Å². The van der Waals surface area contributed by atoms with E-state index < -0.39 is 6.09 Å². The first kappa shape index (κ1) is 17.4. The SMILES string of the molecule is Cc1ccc(C2CC3(C2)CN(C(=O)[C@@H]2CCCOC(=O)NC2)C3)cc1C. The molecule has 2 heterocycles. The van der Waals surface area contributed by atoms with Crippen molar-refractivity contribution in [1.82, 2.24) is 10.2 Å². The maximum absolute atomic E-state index is 12.7. The number of amides is 2. The van der Waals surface area contributed by atoms with Crippen LogP contribution in [0.15, 0.2) is 18.2 Å². The van der Waals surface area contributed by atoms with E-state index in [1.165, 1.54) is 29.5 Å². The minimum Gasteiger partial charge on any atom is -0.450 e. The zero-order valence-corrected chi connectivity index (χ0v) is 15.7. The smallest absolute Gasteiger partial charge is 0.407 e. The fourth-order valence-corrected chi connectivity index (χ4v) is 4.74. The van der Waals surface area contributed by atoms with E-state index in [1.54, 1.807) is 0 Å². The lowest BCUT2D eigenvalue weighted by Crippen LogP contribution is -2.64. The van der Waals surface area contributed by atoms with Crippen molar-refractivity contribution in [1.29, 1.82) is 0 Å². The predicted molar refractivity (Wildman–Crippen MR) is 99.0 cm³/mol. The number of alkyl carbamates (subject to hydrolysis) is 1. The number of carbonyl (C=O) groups is 2. The van der Waals surface area contributed by atoms with E-state index in [0.29, 0.717) is 24.5 Å². The molecule has 1 saturated carbocycles. The Balaban J connectivity index is 1.29. The minimum atomic E-state index is -0.405. The summed E-state index contributed by atoms with van der Waals surface area (Å²) in [6.45, 7) is 6.89. The molecule has 3 fully saturated rings. The minimum absolute atomic E-state index is 0.101. The number of aryl methyl sites for hydroxylation is 2. The van der Waals surface area contributed by atoms with E-state index in [0.717, 1.165) is 25.9 Å². The summed E-state index contributed by atoms with van der Waals surface area (Å²) in [5, 5.41) is 2.70. The van der Waals surface area contributed by atoms with E-state index in [2.05, 4.69) is 37.4 Å². The first-order valence-corrected chi connectivity index (χ1v) is 9.72. The number of hydrogen-bond donors (Lipinski definition) is 1.